The summed E-state index contributed by atoms with van der Waals surface area (Å²) in [6.45, 7) is 0. The van der Waals surface area contributed by atoms with Crippen LogP contribution in [0.25, 0.3) is 22.8 Å². The summed E-state index contributed by atoms with van der Waals surface area (Å²) in [5.41, 5.74) is 1.47. The molecule has 24 heavy (non-hydrogen) atoms. The number of methoxy groups -OCH3 is 3. The van der Waals surface area contributed by atoms with Crippen molar-refractivity contribution in [2.24, 2.45) is 0 Å². The average molecular weight is 347 g/mol. The lowest BCUT2D eigenvalue weighted by Crippen LogP contribution is -1.95. The number of hydrogen-bond donors (Lipinski definition) is 0. The topological polar surface area (TPSA) is 66.6 Å². The van der Waals surface area contributed by atoms with Crippen LogP contribution in [-0.4, -0.2) is 31.5 Å². The van der Waals surface area contributed by atoms with Gasteiger partial charge in [-0.1, -0.05) is 16.8 Å². The molecule has 0 unspecified atom stereocenters. The lowest BCUT2D eigenvalue weighted by Gasteiger charge is -2.12. The van der Waals surface area contributed by atoms with Crippen molar-refractivity contribution in [2.75, 3.05) is 21.3 Å². The third kappa shape index (κ3) is 3.00. The normalized spacial score (nSPS) is 10.5. The van der Waals surface area contributed by atoms with E-state index in [9.17, 15) is 0 Å². The van der Waals surface area contributed by atoms with Crippen molar-refractivity contribution in [1.29, 1.82) is 0 Å². The van der Waals surface area contributed by atoms with Gasteiger partial charge in [0.15, 0.2) is 11.5 Å². The first kappa shape index (κ1) is 16.1. The first-order chi connectivity index (χ1) is 11.7. The molecular formula is C17H15ClN2O4. The second-order valence-electron chi connectivity index (χ2n) is 4.84. The van der Waals surface area contributed by atoms with Gasteiger partial charge in [0.05, 0.1) is 21.3 Å². The van der Waals surface area contributed by atoms with Gasteiger partial charge in [-0.15, -0.1) is 0 Å². The second-order valence-corrected chi connectivity index (χ2v) is 5.28. The maximum Gasteiger partial charge on any atom is 0.258 e. The summed E-state index contributed by atoms with van der Waals surface area (Å²) >= 11 is 5.89. The van der Waals surface area contributed by atoms with Crippen molar-refractivity contribution < 1.29 is 18.7 Å². The molecule has 7 heteroatoms. The van der Waals surface area contributed by atoms with Crippen molar-refractivity contribution in [1.82, 2.24) is 10.1 Å². The minimum atomic E-state index is 0.346. The Hall–Kier alpha value is -2.73. The molecule has 3 aromatic rings. The summed E-state index contributed by atoms with van der Waals surface area (Å²) in [5, 5.41) is 4.65. The van der Waals surface area contributed by atoms with Gasteiger partial charge in [0.25, 0.3) is 5.89 Å². The molecule has 1 aromatic heterocycles. The molecule has 0 atom stereocenters. The first-order valence-corrected chi connectivity index (χ1v) is 7.44. The van der Waals surface area contributed by atoms with Gasteiger partial charge >= 0.3 is 0 Å². The van der Waals surface area contributed by atoms with E-state index in [1.54, 1.807) is 45.6 Å². The van der Waals surface area contributed by atoms with E-state index in [0.717, 1.165) is 5.56 Å². The van der Waals surface area contributed by atoms with Gasteiger partial charge in [0, 0.05) is 16.1 Å². The summed E-state index contributed by atoms with van der Waals surface area (Å²) in [5.74, 6) is 2.34. The zero-order valence-electron chi connectivity index (χ0n) is 13.4. The minimum Gasteiger partial charge on any atom is -0.493 e. The predicted octanol–water partition coefficient (Wildman–Crippen LogP) is 4.08. The SMILES string of the molecule is COc1cc(-c2nc(-c3ccc(Cl)cc3)no2)cc(OC)c1OC. The molecule has 1 heterocycles. The average Bonchev–Trinajstić information content (AvgIpc) is 3.11. The number of ether oxygens (including phenoxy) is 3. The zero-order chi connectivity index (χ0) is 17.1. The van der Waals surface area contributed by atoms with E-state index in [1.807, 2.05) is 12.1 Å². The quantitative estimate of drug-likeness (QED) is 0.693. The summed E-state index contributed by atoms with van der Waals surface area (Å²) in [6, 6.07) is 10.7. The van der Waals surface area contributed by atoms with Gasteiger partial charge in [-0.05, 0) is 36.4 Å². The van der Waals surface area contributed by atoms with Crippen molar-refractivity contribution in [2.45, 2.75) is 0 Å². The molecule has 0 N–H and O–H groups in total. The van der Waals surface area contributed by atoms with Crippen LogP contribution in [0.4, 0.5) is 0 Å². The van der Waals surface area contributed by atoms with Crippen LogP contribution in [-0.2, 0) is 0 Å². The van der Waals surface area contributed by atoms with Crippen LogP contribution in [0.1, 0.15) is 0 Å². The third-order valence-corrected chi connectivity index (χ3v) is 3.69. The number of rotatable bonds is 5. The molecule has 0 aliphatic heterocycles. The lowest BCUT2D eigenvalue weighted by molar-refractivity contribution is 0.324. The first-order valence-electron chi connectivity index (χ1n) is 7.06. The van der Waals surface area contributed by atoms with Crippen LogP contribution in [0.15, 0.2) is 40.9 Å². The molecule has 0 aliphatic rings. The van der Waals surface area contributed by atoms with E-state index in [2.05, 4.69) is 10.1 Å². The number of aromatic nitrogens is 2. The van der Waals surface area contributed by atoms with Crippen LogP contribution in [0.2, 0.25) is 5.02 Å². The highest BCUT2D eigenvalue weighted by Gasteiger charge is 2.18. The molecule has 2 aromatic carbocycles. The number of halogens is 1. The van der Waals surface area contributed by atoms with Crippen molar-refractivity contribution in [3.05, 3.63) is 41.4 Å². The highest BCUT2D eigenvalue weighted by atomic mass is 35.5. The van der Waals surface area contributed by atoms with E-state index in [4.69, 9.17) is 30.3 Å². The van der Waals surface area contributed by atoms with Gasteiger partial charge in [-0.2, -0.15) is 4.98 Å². The highest BCUT2D eigenvalue weighted by molar-refractivity contribution is 6.30. The molecular weight excluding hydrogens is 332 g/mol. The van der Waals surface area contributed by atoms with Crippen LogP contribution in [0.5, 0.6) is 17.2 Å². The Bertz CT molecular complexity index is 821. The van der Waals surface area contributed by atoms with E-state index in [1.165, 1.54) is 0 Å². The van der Waals surface area contributed by atoms with E-state index in [0.29, 0.717) is 39.5 Å². The maximum absolute atomic E-state index is 5.89. The fourth-order valence-electron chi connectivity index (χ4n) is 2.26. The fraction of sp³-hybridized carbons (Fsp3) is 0.176. The lowest BCUT2D eigenvalue weighted by atomic mass is 10.1. The molecule has 3 rings (SSSR count). The monoisotopic (exact) mass is 346 g/mol. The Morgan fingerprint density at radius 3 is 2.04 bits per heavy atom. The standard InChI is InChI=1S/C17H15ClN2O4/c1-21-13-8-11(9-14(22-2)15(13)23-3)17-19-16(20-24-17)10-4-6-12(18)7-5-10/h4-9H,1-3H3. The van der Waals surface area contributed by atoms with E-state index in [-0.39, 0.29) is 0 Å². The van der Waals surface area contributed by atoms with E-state index < -0.39 is 0 Å². The molecule has 0 saturated heterocycles. The molecule has 0 bridgehead atoms. The van der Waals surface area contributed by atoms with Gasteiger partial charge in [-0.25, -0.2) is 0 Å². The number of nitrogens with zero attached hydrogens (tertiary/aromatic N) is 2. The minimum absolute atomic E-state index is 0.346. The molecule has 124 valence electrons. The maximum atomic E-state index is 5.89. The summed E-state index contributed by atoms with van der Waals surface area (Å²) in [7, 11) is 4.65. The Balaban J connectivity index is 2.02. The van der Waals surface area contributed by atoms with Crippen LogP contribution in [0, 0.1) is 0 Å². The molecule has 0 spiro atoms. The zero-order valence-corrected chi connectivity index (χ0v) is 14.1. The van der Waals surface area contributed by atoms with Crippen LogP contribution < -0.4 is 14.2 Å². The molecule has 0 radical (unpaired) electrons. The molecule has 0 amide bonds. The van der Waals surface area contributed by atoms with Gasteiger partial charge in [-0.3, -0.25) is 0 Å². The molecule has 6 nitrogen and oxygen atoms in total. The Kier molecular flexibility index (Phi) is 4.57. The smallest absolute Gasteiger partial charge is 0.258 e. The summed E-state index contributed by atoms with van der Waals surface area (Å²) < 4.78 is 21.3. The Morgan fingerprint density at radius 1 is 0.875 bits per heavy atom. The van der Waals surface area contributed by atoms with Crippen LogP contribution in [0.3, 0.4) is 0 Å². The van der Waals surface area contributed by atoms with Crippen LogP contribution >= 0.6 is 11.6 Å². The van der Waals surface area contributed by atoms with Crippen molar-refractivity contribution in [3.8, 4) is 40.1 Å². The van der Waals surface area contributed by atoms with Gasteiger partial charge in [0.1, 0.15) is 0 Å². The van der Waals surface area contributed by atoms with Gasteiger partial charge in [0.2, 0.25) is 11.6 Å². The van der Waals surface area contributed by atoms with E-state index >= 15 is 0 Å². The van der Waals surface area contributed by atoms with Crippen molar-refractivity contribution >= 4 is 11.6 Å². The second kappa shape index (κ2) is 6.80. The van der Waals surface area contributed by atoms with Crippen molar-refractivity contribution in [3.63, 3.8) is 0 Å². The summed E-state index contributed by atoms with van der Waals surface area (Å²) in [6.07, 6.45) is 0. The molecule has 0 saturated carbocycles. The van der Waals surface area contributed by atoms with Gasteiger partial charge < -0.3 is 18.7 Å². The number of benzene rings is 2. The Labute approximate surface area is 143 Å². The number of hydrogen-bond acceptors (Lipinski definition) is 6. The Morgan fingerprint density at radius 2 is 1.50 bits per heavy atom. The fourth-order valence-corrected chi connectivity index (χ4v) is 2.39. The highest BCUT2D eigenvalue weighted by Crippen LogP contribution is 2.41. The summed E-state index contributed by atoms with van der Waals surface area (Å²) in [4.78, 5) is 4.41. The predicted molar refractivity (Wildman–Crippen MR) is 89.8 cm³/mol. The molecule has 0 aliphatic carbocycles. The third-order valence-electron chi connectivity index (χ3n) is 3.44. The molecule has 0 fully saturated rings. The largest absolute Gasteiger partial charge is 0.493 e.